The molecule has 21 heavy (non-hydrogen) atoms. The first-order valence-electron chi connectivity index (χ1n) is 6.99. The van der Waals surface area contributed by atoms with Gasteiger partial charge in [0.2, 0.25) is 0 Å². The van der Waals surface area contributed by atoms with Gasteiger partial charge >= 0.3 is 7.12 Å². The maximum Gasteiger partial charge on any atom is 0.496 e. The molecule has 2 N–H and O–H groups in total. The SMILES string of the molecule is COCCOc1cc(B2OC(C)(C)C(C)(C)O2)cnc1N. The van der Waals surface area contributed by atoms with Gasteiger partial charge in [-0.2, -0.15) is 0 Å². The third-order valence-corrected chi connectivity index (χ3v) is 3.97. The third-order valence-electron chi connectivity index (χ3n) is 3.97. The number of hydrogen-bond acceptors (Lipinski definition) is 6. The Kier molecular flexibility index (Phi) is 4.46. The van der Waals surface area contributed by atoms with Gasteiger partial charge in [-0.1, -0.05) is 0 Å². The van der Waals surface area contributed by atoms with Crippen LogP contribution in [0.25, 0.3) is 0 Å². The van der Waals surface area contributed by atoms with Gasteiger partial charge in [0.25, 0.3) is 0 Å². The van der Waals surface area contributed by atoms with Crippen LogP contribution in [0, 0.1) is 0 Å². The molecule has 0 saturated carbocycles. The summed E-state index contributed by atoms with van der Waals surface area (Å²) in [5.41, 5.74) is 5.82. The second-order valence-electron chi connectivity index (χ2n) is 6.08. The highest BCUT2D eigenvalue weighted by molar-refractivity contribution is 6.62. The normalized spacial score (nSPS) is 19.8. The van der Waals surface area contributed by atoms with E-state index in [1.807, 2.05) is 27.7 Å². The summed E-state index contributed by atoms with van der Waals surface area (Å²) >= 11 is 0. The fourth-order valence-corrected chi connectivity index (χ4v) is 1.93. The van der Waals surface area contributed by atoms with Crippen molar-refractivity contribution in [3.05, 3.63) is 12.3 Å². The first-order valence-corrected chi connectivity index (χ1v) is 6.99. The van der Waals surface area contributed by atoms with Crippen LogP contribution in [0.4, 0.5) is 5.82 Å². The summed E-state index contributed by atoms with van der Waals surface area (Å²) in [5, 5.41) is 0. The molecule has 6 nitrogen and oxygen atoms in total. The van der Waals surface area contributed by atoms with Crippen LogP contribution in [0.5, 0.6) is 5.75 Å². The van der Waals surface area contributed by atoms with Crippen LogP contribution < -0.4 is 15.9 Å². The van der Waals surface area contributed by atoms with Crippen LogP contribution >= 0.6 is 0 Å². The molecule has 0 aliphatic carbocycles. The molecule has 2 heterocycles. The van der Waals surface area contributed by atoms with E-state index in [4.69, 9.17) is 24.5 Å². The lowest BCUT2D eigenvalue weighted by atomic mass is 9.80. The predicted molar refractivity (Wildman–Crippen MR) is 81.7 cm³/mol. The van der Waals surface area contributed by atoms with Gasteiger partial charge in [-0.25, -0.2) is 4.98 Å². The lowest BCUT2D eigenvalue weighted by Gasteiger charge is -2.32. The highest BCUT2D eigenvalue weighted by Crippen LogP contribution is 2.36. The van der Waals surface area contributed by atoms with E-state index in [0.717, 1.165) is 5.46 Å². The highest BCUT2D eigenvalue weighted by Gasteiger charge is 2.51. The number of rotatable bonds is 5. The Hall–Kier alpha value is -1.31. The number of ether oxygens (including phenoxy) is 2. The molecule has 7 heteroatoms. The molecule has 0 radical (unpaired) electrons. The summed E-state index contributed by atoms with van der Waals surface area (Å²) < 4.78 is 22.5. The van der Waals surface area contributed by atoms with Crippen LogP contribution in [-0.4, -0.2) is 43.6 Å². The topological polar surface area (TPSA) is 75.8 Å². The van der Waals surface area contributed by atoms with Gasteiger partial charge in [0, 0.05) is 18.8 Å². The number of nitrogen functional groups attached to an aromatic ring is 1. The Balaban J connectivity index is 2.16. The summed E-state index contributed by atoms with van der Waals surface area (Å²) in [6.45, 7) is 8.93. The Bertz CT molecular complexity index is 492. The van der Waals surface area contributed by atoms with E-state index in [9.17, 15) is 0 Å². The van der Waals surface area contributed by atoms with Gasteiger partial charge in [-0.15, -0.1) is 0 Å². The van der Waals surface area contributed by atoms with Crippen molar-refractivity contribution in [1.29, 1.82) is 0 Å². The van der Waals surface area contributed by atoms with Crippen LogP contribution in [0.3, 0.4) is 0 Å². The van der Waals surface area contributed by atoms with Crippen LogP contribution in [0.15, 0.2) is 12.3 Å². The number of aromatic nitrogens is 1. The van der Waals surface area contributed by atoms with Crippen molar-refractivity contribution in [3.8, 4) is 5.75 Å². The summed E-state index contributed by atoms with van der Waals surface area (Å²) in [4.78, 5) is 4.15. The Labute approximate surface area is 126 Å². The quantitative estimate of drug-likeness (QED) is 0.644. The Morgan fingerprint density at radius 3 is 2.38 bits per heavy atom. The second-order valence-corrected chi connectivity index (χ2v) is 6.08. The molecule has 0 amide bonds. The minimum Gasteiger partial charge on any atom is -0.487 e. The lowest BCUT2D eigenvalue weighted by Crippen LogP contribution is -2.41. The van der Waals surface area contributed by atoms with Crippen molar-refractivity contribution in [2.24, 2.45) is 0 Å². The monoisotopic (exact) mass is 294 g/mol. The number of anilines is 1. The largest absolute Gasteiger partial charge is 0.496 e. The summed E-state index contributed by atoms with van der Waals surface area (Å²) in [6.07, 6.45) is 1.65. The first-order chi connectivity index (χ1) is 9.77. The first kappa shape index (κ1) is 16.1. The smallest absolute Gasteiger partial charge is 0.487 e. The molecule has 1 aliphatic rings. The van der Waals surface area contributed by atoms with Crippen LogP contribution in [-0.2, 0) is 14.0 Å². The zero-order chi connectivity index (χ0) is 15.7. The molecular formula is C14H23BN2O4. The van der Waals surface area contributed by atoms with Crippen LogP contribution in [0.2, 0.25) is 0 Å². The fraction of sp³-hybridized carbons (Fsp3) is 0.643. The minimum atomic E-state index is -0.479. The van der Waals surface area contributed by atoms with Gasteiger partial charge in [0.05, 0.1) is 17.8 Å². The third kappa shape index (κ3) is 3.31. The molecule has 1 fully saturated rings. The van der Waals surface area contributed by atoms with E-state index in [0.29, 0.717) is 24.8 Å². The van der Waals surface area contributed by atoms with Gasteiger partial charge in [0.1, 0.15) is 6.61 Å². The molecule has 1 saturated heterocycles. The molecule has 1 aliphatic heterocycles. The maximum absolute atomic E-state index is 5.99. The van der Waals surface area contributed by atoms with Crippen LogP contribution in [0.1, 0.15) is 27.7 Å². The van der Waals surface area contributed by atoms with Crippen molar-refractivity contribution >= 4 is 18.4 Å². The lowest BCUT2D eigenvalue weighted by molar-refractivity contribution is 0.00578. The summed E-state index contributed by atoms with van der Waals surface area (Å²) in [7, 11) is 1.14. The number of hydrogen-bond donors (Lipinski definition) is 1. The average molecular weight is 294 g/mol. The van der Waals surface area contributed by atoms with Gasteiger partial charge in [0.15, 0.2) is 11.6 Å². The molecule has 1 aromatic rings. The maximum atomic E-state index is 5.99. The van der Waals surface area contributed by atoms with E-state index in [2.05, 4.69) is 4.98 Å². The number of nitrogens with two attached hydrogens (primary N) is 1. The average Bonchev–Trinajstić information content (AvgIpc) is 2.61. The van der Waals surface area contributed by atoms with Crippen molar-refractivity contribution in [3.63, 3.8) is 0 Å². The van der Waals surface area contributed by atoms with Crippen molar-refractivity contribution in [2.45, 2.75) is 38.9 Å². The minimum absolute atomic E-state index is 0.339. The fourth-order valence-electron chi connectivity index (χ4n) is 1.93. The van der Waals surface area contributed by atoms with Gasteiger partial charge in [-0.3, -0.25) is 0 Å². The number of methoxy groups -OCH3 is 1. The van der Waals surface area contributed by atoms with Crippen molar-refractivity contribution in [2.75, 3.05) is 26.1 Å². The molecule has 0 unspecified atom stereocenters. The van der Waals surface area contributed by atoms with E-state index in [1.165, 1.54) is 0 Å². The number of pyridine rings is 1. The predicted octanol–water partition coefficient (Wildman–Crippen LogP) is 0.988. The van der Waals surface area contributed by atoms with Gasteiger partial charge < -0.3 is 24.5 Å². The molecular weight excluding hydrogens is 271 g/mol. The molecule has 0 bridgehead atoms. The van der Waals surface area contributed by atoms with Gasteiger partial charge in [-0.05, 0) is 33.8 Å². The highest BCUT2D eigenvalue weighted by atomic mass is 16.7. The standard InChI is InChI=1S/C14H23BN2O4/c1-13(2)14(3,4)21-15(20-13)10-8-11(12(16)17-9-10)19-7-6-18-5/h8-9H,6-7H2,1-5H3,(H2,16,17). The second kappa shape index (κ2) is 5.83. The molecule has 116 valence electrons. The summed E-state index contributed by atoms with van der Waals surface area (Å²) in [5.74, 6) is 0.852. The zero-order valence-corrected chi connectivity index (χ0v) is 13.3. The Morgan fingerprint density at radius 2 is 1.81 bits per heavy atom. The number of nitrogens with zero attached hydrogens (tertiary/aromatic N) is 1. The molecule has 0 atom stereocenters. The van der Waals surface area contributed by atoms with Crippen molar-refractivity contribution in [1.82, 2.24) is 4.98 Å². The van der Waals surface area contributed by atoms with E-state index >= 15 is 0 Å². The molecule has 0 aromatic carbocycles. The Morgan fingerprint density at radius 1 is 1.19 bits per heavy atom. The molecule has 0 spiro atoms. The van der Waals surface area contributed by atoms with E-state index in [-0.39, 0.29) is 0 Å². The molecule has 2 rings (SSSR count). The van der Waals surface area contributed by atoms with E-state index < -0.39 is 18.3 Å². The van der Waals surface area contributed by atoms with E-state index in [1.54, 1.807) is 19.4 Å². The summed E-state index contributed by atoms with van der Waals surface area (Å²) in [6, 6.07) is 1.81. The zero-order valence-electron chi connectivity index (χ0n) is 13.3. The van der Waals surface area contributed by atoms with Crippen molar-refractivity contribution < 1.29 is 18.8 Å². The molecule has 1 aromatic heterocycles.